The third kappa shape index (κ3) is 5.55. The van der Waals surface area contributed by atoms with Gasteiger partial charge in [-0.3, -0.25) is 14.4 Å². The van der Waals surface area contributed by atoms with Crippen LogP contribution in [0.25, 0.3) is 0 Å². The molecule has 0 atom stereocenters. The van der Waals surface area contributed by atoms with Crippen LogP contribution in [-0.2, 0) is 15.8 Å². The molecule has 1 aliphatic heterocycles. The smallest absolute Gasteiger partial charge is 0.350 e. The molecule has 190 valence electrons. The summed E-state index contributed by atoms with van der Waals surface area (Å²) in [6.07, 6.45) is -4.55. The van der Waals surface area contributed by atoms with Crippen LogP contribution < -0.4 is 15.5 Å². The molecular formula is C24H12Cl4F3N3O3. The predicted octanol–water partition coefficient (Wildman–Crippen LogP) is 7.35. The normalized spacial score (nSPS) is 13.9. The van der Waals surface area contributed by atoms with E-state index in [1.807, 2.05) is 0 Å². The summed E-state index contributed by atoms with van der Waals surface area (Å²) in [6, 6.07) is 12.3. The van der Waals surface area contributed by atoms with E-state index in [-0.39, 0.29) is 37.7 Å². The van der Waals surface area contributed by atoms with E-state index in [1.54, 1.807) is 0 Å². The zero-order chi connectivity index (χ0) is 27.1. The Balaban J connectivity index is 1.49. The molecule has 6 nitrogen and oxygen atoms in total. The number of carbonyl (C=O) groups is 3. The summed E-state index contributed by atoms with van der Waals surface area (Å²) in [5.41, 5.74) is -0.761. The molecule has 0 saturated heterocycles. The lowest BCUT2D eigenvalue weighted by atomic mass is 10.1. The number of amides is 3. The molecule has 3 aromatic rings. The number of hydrogen-bond donors (Lipinski definition) is 2. The van der Waals surface area contributed by atoms with Crippen molar-refractivity contribution in [3.05, 3.63) is 97.6 Å². The van der Waals surface area contributed by atoms with Crippen LogP contribution in [-0.4, -0.2) is 17.7 Å². The van der Waals surface area contributed by atoms with Gasteiger partial charge in [-0.25, -0.2) is 4.90 Å². The van der Waals surface area contributed by atoms with Crippen LogP contribution >= 0.6 is 46.4 Å². The number of benzene rings is 3. The van der Waals surface area contributed by atoms with Crippen molar-refractivity contribution in [2.45, 2.75) is 6.18 Å². The minimum Gasteiger partial charge on any atom is -0.350 e. The number of nitrogens with one attached hydrogen (secondary N) is 2. The van der Waals surface area contributed by atoms with Crippen LogP contribution in [0.15, 0.2) is 71.4 Å². The van der Waals surface area contributed by atoms with Gasteiger partial charge in [-0.1, -0.05) is 52.5 Å². The monoisotopic (exact) mass is 587 g/mol. The molecule has 1 aliphatic rings. The molecule has 0 spiro atoms. The van der Waals surface area contributed by atoms with Crippen molar-refractivity contribution in [1.29, 1.82) is 0 Å². The molecule has 1 heterocycles. The lowest BCUT2D eigenvalue weighted by Crippen LogP contribution is -2.32. The largest absolute Gasteiger partial charge is 0.416 e. The lowest BCUT2D eigenvalue weighted by Gasteiger charge is -2.17. The highest BCUT2D eigenvalue weighted by atomic mass is 35.5. The van der Waals surface area contributed by atoms with Crippen molar-refractivity contribution in [3.8, 4) is 0 Å². The summed E-state index contributed by atoms with van der Waals surface area (Å²) in [6.45, 7) is 0. The summed E-state index contributed by atoms with van der Waals surface area (Å²) in [5.74, 6) is -2.30. The second kappa shape index (κ2) is 10.3. The maximum Gasteiger partial charge on any atom is 0.416 e. The van der Waals surface area contributed by atoms with E-state index in [0.717, 1.165) is 17.0 Å². The molecule has 0 aliphatic carbocycles. The van der Waals surface area contributed by atoms with E-state index in [2.05, 4.69) is 10.6 Å². The van der Waals surface area contributed by atoms with Crippen LogP contribution in [0.3, 0.4) is 0 Å². The zero-order valence-electron chi connectivity index (χ0n) is 18.1. The minimum absolute atomic E-state index is 0.00190. The molecule has 2 N–H and O–H groups in total. The van der Waals surface area contributed by atoms with Gasteiger partial charge in [0.2, 0.25) is 0 Å². The fraction of sp³-hybridized carbons (Fsp3) is 0.0417. The fourth-order valence-corrected chi connectivity index (χ4v) is 4.18. The van der Waals surface area contributed by atoms with Gasteiger partial charge in [-0.05, 0) is 54.6 Å². The van der Waals surface area contributed by atoms with E-state index in [9.17, 15) is 27.6 Å². The van der Waals surface area contributed by atoms with Crippen molar-refractivity contribution < 1.29 is 27.6 Å². The van der Waals surface area contributed by atoms with Crippen molar-refractivity contribution in [2.24, 2.45) is 0 Å². The van der Waals surface area contributed by atoms with Crippen molar-refractivity contribution in [3.63, 3.8) is 0 Å². The Morgan fingerprint density at radius 1 is 0.784 bits per heavy atom. The summed E-state index contributed by atoms with van der Waals surface area (Å²) in [5, 5.41) is 4.92. The highest BCUT2D eigenvalue weighted by Gasteiger charge is 2.40. The number of rotatable bonds is 5. The Bertz CT molecular complexity index is 1470. The molecule has 37 heavy (non-hydrogen) atoms. The highest BCUT2D eigenvalue weighted by molar-refractivity contribution is 6.54. The van der Waals surface area contributed by atoms with Gasteiger partial charge in [0.25, 0.3) is 17.7 Å². The molecule has 0 unspecified atom stereocenters. The number of imide groups is 1. The first kappa shape index (κ1) is 26.8. The average Bonchev–Trinajstić information content (AvgIpc) is 3.04. The minimum atomic E-state index is -4.55. The van der Waals surface area contributed by atoms with Crippen LogP contribution in [0.2, 0.25) is 15.1 Å². The fourth-order valence-electron chi connectivity index (χ4n) is 3.34. The third-order valence-corrected chi connectivity index (χ3v) is 6.50. The number of hydrogen-bond acceptors (Lipinski definition) is 4. The number of halogens is 7. The van der Waals surface area contributed by atoms with Gasteiger partial charge >= 0.3 is 6.18 Å². The van der Waals surface area contributed by atoms with Gasteiger partial charge in [-0.2, -0.15) is 13.2 Å². The maximum absolute atomic E-state index is 13.0. The molecule has 0 fully saturated rings. The topological polar surface area (TPSA) is 78.5 Å². The number of carbonyl (C=O) groups excluding carboxylic acids is 3. The molecule has 13 heteroatoms. The molecular weight excluding hydrogens is 577 g/mol. The Kier molecular flexibility index (Phi) is 7.43. The molecule has 0 radical (unpaired) electrons. The molecule has 0 bridgehead atoms. The Hall–Kier alpha value is -3.24. The molecule has 3 amide bonds. The second-order valence-corrected chi connectivity index (χ2v) is 9.19. The van der Waals surface area contributed by atoms with Gasteiger partial charge in [0, 0.05) is 16.9 Å². The summed E-state index contributed by atoms with van der Waals surface area (Å²) < 4.78 is 38.7. The van der Waals surface area contributed by atoms with Crippen LogP contribution in [0.4, 0.5) is 30.2 Å². The molecule has 0 aromatic heterocycles. The van der Waals surface area contributed by atoms with Crippen molar-refractivity contribution >= 4 is 81.2 Å². The summed E-state index contributed by atoms with van der Waals surface area (Å²) in [4.78, 5) is 38.9. The Labute approximate surface area is 227 Å². The van der Waals surface area contributed by atoms with Crippen molar-refractivity contribution in [2.75, 3.05) is 15.5 Å². The Morgan fingerprint density at radius 2 is 1.43 bits per heavy atom. The zero-order valence-corrected chi connectivity index (χ0v) is 21.1. The molecule has 4 rings (SSSR count). The van der Waals surface area contributed by atoms with Crippen LogP contribution in [0.1, 0.15) is 15.9 Å². The Morgan fingerprint density at radius 3 is 2.08 bits per heavy atom. The number of anilines is 3. The van der Waals surface area contributed by atoms with E-state index >= 15 is 0 Å². The first-order valence-corrected chi connectivity index (χ1v) is 11.7. The average molecular weight is 589 g/mol. The van der Waals surface area contributed by atoms with Gasteiger partial charge < -0.3 is 10.6 Å². The molecule has 0 saturated carbocycles. The number of alkyl halides is 3. The standard InChI is InChI=1S/C24H12Cl4F3N3O3/c25-15-9-17(27)18(10-16(15)26)34-22(36)19(28)20(23(34)37)32-13-6-4-11(5-7-13)21(35)33-14-3-1-2-12(8-14)24(29,30)31/h1-10,32H,(H,33,35). The first-order valence-electron chi connectivity index (χ1n) is 10.2. The SMILES string of the molecule is O=C(Nc1cccc(C(F)(F)F)c1)c1ccc(NC2=C(Cl)C(=O)N(c3cc(Cl)c(Cl)cc3Cl)C2=O)cc1. The van der Waals surface area contributed by atoms with E-state index < -0.39 is 34.5 Å². The second-order valence-electron chi connectivity index (χ2n) is 7.59. The predicted molar refractivity (Wildman–Crippen MR) is 136 cm³/mol. The first-order chi connectivity index (χ1) is 17.4. The van der Waals surface area contributed by atoms with Gasteiger partial charge in [0.15, 0.2) is 0 Å². The van der Waals surface area contributed by atoms with Crippen LogP contribution in [0, 0.1) is 0 Å². The van der Waals surface area contributed by atoms with E-state index in [4.69, 9.17) is 46.4 Å². The maximum atomic E-state index is 13.0. The third-order valence-electron chi connectivity index (χ3n) is 5.12. The van der Waals surface area contributed by atoms with E-state index in [1.165, 1.54) is 48.5 Å². The van der Waals surface area contributed by atoms with Gasteiger partial charge in [0.1, 0.15) is 10.7 Å². The van der Waals surface area contributed by atoms with Crippen LogP contribution in [0.5, 0.6) is 0 Å². The van der Waals surface area contributed by atoms with Crippen molar-refractivity contribution in [1.82, 2.24) is 0 Å². The van der Waals surface area contributed by atoms with E-state index in [0.29, 0.717) is 5.69 Å². The highest BCUT2D eigenvalue weighted by Crippen LogP contribution is 2.38. The van der Waals surface area contributed by atoms with Gasteiger partial charge in [0.05, 0.1) is 26.3 Å². The summed E-state index contributed by atoms with van der Waals surface area (Å²) in [7, 11) is 0. The van der Waals surface area contributed by atoms with Gasteiger partial charge in [-0.15, -0.1) is 0 Å². The lowest BCUT2D eigenvalue weighted by molar-refractivity contribution is -0.137. The quantitative estimate of drug-likeness (QED) is 0.241. The number of nitrogens with zero attached hydrogens (tertiary/aromatic N) is 1. The summed E-state index contributed by atoms with van der Waals surface area (Å²) >= 11 is 24.2. The molecule has 3 aromatic carbocycles.